The molecule has 2 amide bonds. The van der Waals surface area contributed by atoms with Gasteiger partial charge in [0.15, 0.2) is 0 Å². The van der Waals surface area contributed by atoms with Gasteiger partial charge in [0.25, 0.3) is 5.91 Å². The fourth-order valence-electron chi connectivity index (χ4n) is 7.07. The quantitative estimate of drug-likeness (QED) is 0.409. The Morgan fingerprint density at radius 1 is 1.07 bits per heavy atom. The molecule has 8 nitrogen and oxygen atoms in total. The molecule has 6 rings (SSSR count). The van der Waals surface area contributed by atoms with Gasteiger partial charge < -0.3 is 25.0 Å². The molecule has 2 bridgehead atoms. The number of carbonyl (C=O) groups excluding carboxylic acids is 2. The van der Waals surface area contributed by atoms with Crippen molar-refractivity contribution in [3.8, 4) is 11.1 Å². The van der Waals surface area contributed by atoms with Crippen molar-refractivity contribution in [1.82, 2.24) is 15.6 Å². The van der Waals surface area contributed by atoms with Crippen molar-refractivity contribution in [2.75, 3.05) is 0 Å². The highest BCUT2D eigenvalue weighted by atomic mass is 16.7. The maximum atomic E-state index is 13.5. The minimum atomic E-state index is -1.13. The number of aliphatic hydroxyl groups is 1. The van der Waals surface area contributed by atoms with E-state index in [9.17, 15) is 14.7 Å². The lowest BCUT2D eigenvalue weighted by Gasteiger charge is -2.64. The predicted molar refractivity (Wildman–Crippen MR) is 154 cm³/mol. The third-order valence-corrected chi connectivity index (χ3v) is 9.54. The van der Waals surface area contributed by atoms with Crippen LogP contribution >= 0.6 is 0 Å². The molecule has 1 saturated heterocycles. The molecule has 1 aliphatic heterocycles. The predicted octanol–water partition coefficient (Wildman–Crippen LogP) is 4.03. The van der Waals surface area contributed by atoms with Gasteiger partial charge in [-0.15, -0.1) is 0 Å². The second-order valence-electron chi connectivity index (χ2n) is 13.1. The average Bonchev–Trinajstić information content (AvgIpc) is 3.28. The molecular formula is C31H42BN3O5. The SMILES string of the molecule is CC(C)C[C@H](NC(=O)[C@@H](NC(=O)c1ccc(-c2cccnc2)cc1)C(C)O)B1O[C@@H]2C[C@@H]3C[C@@H](C3(C)C)[C@]2(C)O1. The zero-order valence-corrected chi connectivity index (χ0v) is 24.4. The topological polar surface area (TPSA) is 110 Å². The molecule has 1 aromatic carbocycles. The summed E-state index contributed by atoms with van der Waals surface area (Å²) in [4.78, 5) is 30.7. The van der Waals surface area contributed by atoms with Crippen LogP contribution in [0.1, 0.15) is 71.2 Å². The molecule has 0 radical (unpaired) electrons. The third kappa shape index (κ3) is 5.31. The highest BCUT2D eigenvalue weighted by Crippen LogP contribution is 2.65. The second-order valence-corrected chi connectivity index (χ2v) is 13.1. The third-order valence-electron chi connectivity index (χ3n) is 9.54. The van der Waals surface area contributed by atoms with Gasteiger partial charge in [-0.1, -0.05) is 45.9 Å². The number of carbonyl (C=O) groups is 2. The van der Waals surface area contributed by atoms with Gasteiger partial charge in [0.05, 0.1) is 23.8 Å². The number of aromatic nitrogens is 1. The van der Waals surface area contributed by atoms with Crippen LogP contribution in [0.4, 0.5) is 0 Å². The van der Waals surface area contributed by atoms with E-state index in [0.29, 0.717) is 23.8 Å². The van der Waals surface area contributed by atoms with E-state index in [4.69, 9.17) is 9.31 Å². The Morgan fingerprint density at radius 2 is 1.80 bits per heavy atom. The van der Waals surface area contributed by atoms with Crippen molar-refractivity contribution in [3.63, 3.8) is 0 Å². The van der Waals surface area contributed by atoms with Gasteiger partial charge in [-0.2, -0.15) is 0 Å². The molecule has 3 N–H and O–H groups in total. The van der Waals surface area contributed by atoms with Gasteiger partial charge in [0.1, 0.15) is 6.04 Å². The van der Waals surface area contributed by atoms with Gasteiger partial charge in [0.2, 0.25) is 5.91 Å². The smallest absolute Gasteiger partial charge is 0.404 e. The maximum Gasteiger partial charge on any atom is 0.481 e. The van der Waals surface area contributed by atoms with Crippen LogP contribution in [0.3, 0.4) is 0 Å². The Bertz CT molecular complexity index is 1220. The lowest BCUT2D eigenvalue weighted by atomic mass is 9.43. The van der Waals surface area contributed by atoms with Gasteiger partial charge in [-0.3, -0.25) is 14.6 Å². The van der Waals surface area contributed by atoms with Crippen molar-refractivity contribution in [1.29, 1.82) is 0 Å². The molecule has 4 fully saturated rings. The van der Waals surface area contributed by atoms with Crippen LogP contribution in [0.15, 0.2) is 48.8 Å². The Morgan fingerprint density at radius 3 is 2.40 bits per heavy atom. The Hall–Kier alpha value is -2.75. The van der Waals surface area contributed by atoms with E-state index in [-0.39, 0.29) is 23.0 Å². The van der Waals surface area contributed by atoms with E-state index in [2.05, 4.69) is 50.2 Å². The Labute approximate surface area is 237 Å². The summed E-state index contributed by atoms with van der Waals surface area (Å²) < 4.78 is 13.1. The van der Waals surface area contributed by atoms with E-state index in [1.54, 1.807) is 24.5 Å². The number of hydrogen-bond donors (Lipinski definition) is 3. The first-order valence-corrected chi connectivity index (χ1v) is 14.5. The van der Waals surface area contributed by atoms with Crippen molar-refractivity contribution in [2.45, 2.75) is 90.6 Å². The van der Waals surface area contributed by atoms with Gasteiger partial charge >= 0.3 is 7.12 Å². The first-order valence-electron chi connectivity index (χ1n) is 14.5. The molecule has 1 aromatic heterocycles. The Balaban J connectivity index is 1.27. The highest BCUT2D eigenvalue weighted by molar-refractivity contribution is 6.48. The number of nitrogens with zero attached hydrogens (tertiary/aromatic N) is 1. The van der Waals surface area contributed by atoms with Gasteiger partial charge in [0, 0.05) is 18.0 Å². The molecule has 9 heteroatoms. The van der Waals surface area contributed by atoms with Crippen LogP contribution in [0.5, 0.6) is 0 Å². The number of pyridine rings is 1. The summed E-state index contributed by atoms with van der Waals surface area (Å²) in [5.41, 5.74) is 2.10. The van der Waals surface area contributed by atoms with E-state index in [1.807, 2.05) is 24.3 Å². The zero-order chi connectivity index (χ0) is 28.8. The summed E-state index contributed by atoms with van der Waals surface area (Å²) in [6.07, 6.45) is 5.13. The summed E-state index contributed by atoms with van der Waals surface area (Å²) >= 11 is 0. The summed E-state index contributed by atoms with van der Waals surface area (Å²) in [6.45, 7) is 12.5. The first-order chi connectivity index (χ1) is 18.9. The molecule has 2 heterocycles. The van der Waals surface area contributed by atoms with E-state index >= 15 is 0 Å². The number of rotatable bonds is 9. The lowest BCUT2D eigenvalue weighted by Crippen LogP contribution is -2.65. The molecule has 40 heavy (non-hydrogen) atoms. The zero-order valence-electron chi connectivity index (χ0n) is 24.4. The monoisotopic (exact) mass is 547 g/mol. The van der Waals surface area contributed by atoms with Crippen molar-refractivity contribution >= 4 is 18.9 Å². The molecule has 1 unspecified atom stereocenters. The molecule has 3 saturated carbocycles. The molecule has 7 atom stereocenters. The minimum Gasteiger partial charge on any atom is -0.404 e. The van der Waals surface area contributed by atoms with Gasteiger partial charge in [-0.25, -0.2) is 0 Å². The number of benzene rings is 1. The summed E-state index contributed by atoms with van der Waals surface area (Å²) in [5.74, 6) is 0.0107. The number of nitrogens with one attached hydrogen (secondary N) is 2. The van der Waals surface area contributed by atoms with Crippen molar-refractivity contribution < 1.29 is 24.0 Å². The highest BCUT2D eigenvalue weighted by Gasteiger charge is 2.68. The summed E-state index contributed by atoms with van der Waals surface area (Å²) in [6, 6.07) is 9.74. The van der Waals surface area contributed by atoms with Crippen LogP contribution in [-0.2, 0) is 14.1 Å². The van der Waals surface area contributed by atoms with E-state index in [0.717, 1.165) is 24.0 Å². The van der Waals surface area contributed by atoms with Crippen molar-refractivity contribution in [3.05, 3.63) is 54.4 Å². The second kappa shape index (κ2) is 10.9. The van der Waals surface area contributed by atoms with E-state index in [1.165, 1.54) is 6.92 Å². The lowest BCUT2D eigenvalue weighted by molar-refractivity contribution is -0.199. The standard InChI is InChI=1S/C31H42BN3O5/c1-18(2)14-26(32-39-25-16-23-15-24(30(23,4)5)31(25,6)40-32)34-29(38)27(19(3)36)35-28(37)21-11-9-20(10-12-21)22-8-7-13-33-17-22/h7-13,17-19,23-27,36H,14-16H2,1-6H3,(H,34,38)(H,35,37)/t19?,23-,24-,25+,26-,27-,31-/m0/s1. The maximum absolute atomic E-state index is 13.5. The molecule has 3 aliphatic carbocycles. The molecule has 0 spiro atoms. The molecule has 2 aromatic rings. The summed E-state index contributed by atoms with van der Waals surface area (Å²) in [7, 11) is -0.582. The Kier molecular flexibility index (Phi) is 7.85. The largest absolute Gasteiger partial charge is 0.481 e. The number of hydrogen-bond acceptors (Lipinski definition) is 6. The normalized spacial score (nSPS) is 28.7. The fourth-order valence-corrected chi connectivity index (χ4v) is 7.07. The number of amides is 2. The average molecular weight is 548 g/mol. The van der Waals surface area contributed by atoms with Crippen LogP contribution in [0.2, 0.25) is 0 Å². The van der Waals surface area contributed by atoms with Crippen molar-refractivity contribution in [2.24, 2.45) is 23.2 Å². The molecular weight excluding hydrogens is 505 g/mol. The van der Waals surface area contributed by atoms with E-state index < -0.39 is 37.0 Å². The van der Waals surface area contributed by atoms with Gasteiger partial charge in [-0.05, 0) is 85.6 Å². The van der Waals surface area contributed by atoms with Crippen LogP contribution in [0, 0.1) is 23.2 Å². The molecule has 4 aliphatic rings. The first kappa shape index (κ1) is 28.8. The molecule has 214 valence electrons. The summed E-state index contributed by atoms with van der Waals surface area (Å²) in [5, 5.41) is 16.3. The van der Waals surface area contributed by atoms with Crippen LogP contribution in [-0.4, -0.2) is 58.8 Å². The fraction of sp³-hybridized carbons (Fsp3) is 0.581. The minimum absolute atomic E-state index is 0.00254. The number of aliphatic hydroxyl groups excluding tert-OH is 1. The van der Waals surface area contributed by atoms with Crippen LogP contribution < -0.4 is 10.6 Å². The van der Waals surface area contributed by atoms with Crippen LogP contribution in [0.25, 0.3) is 11.1 Å².